The highest BCUT2D eigenvalue weighted by molar-refractivity contribution is 7.99. The van der Waals surface area contributed by atoms with Crippen LogP contribution in [0.1, 0.15) is 20.8 Å². The molecule has 136 valence electrons. The molecule has 1 aliphatic heterocycles. The normalized spacial score (nSPS) is 16.1. The first-order chi connectivity index (χ1) is 12.1. The molecule has 25 heavy (non-hydrogen) atoms. The van der Waals surface area contributed by atoms with Gasteiger partial charge in [-0.05, 0) is 25.0 Å². The van der Waals surface area contributed by atoms with Crippen LogP contribution in [0.4, 0.5) is 0 Å². The van der Waals surface area contributed by atoms with Gasteiger partial charge in [0, 0.05) is 39.3 Å². The van der Waals surface area contributed by atoms with Crippen molar-refractivity contribution in [1.29, 1.82) is 0 Å². The lowest BCUT2D eigenvalue weighted by Gasteiger charge is -2.35. The average molecular weight is 361 g/mol. The largest absolute Gasteiger partial charge is 0.339 e. The minimum absolute atomic E-state index is 0.226. The highest BCUT2D eigenvalue weighted by Crippen LogP contribution is 2.24. The standard InChI is InChI=1S/C19H28N4OS/c1-4-23-17-8-6-5-7-16(17)20-19(23)25-14-18(24)22-11-9-21(10-12-22)13-15(2)3/h5-8,15H,4,9-14H2,1-3H3. The molecule has 1 saturated heterocycles. The van der Waals surface area contributed by atoms with Crippen molar-refractivity contribution in [3.63, 3.8) is 0 Å². The van der Waals surface area contributed by atoms with Crippen molar-refractivity contribution in [3.05, 3.63) is 24.3 Å². The fourth-order valence-electron chi connectivity index (χ4n) is 3.38. The highest BCUT2D eigenvalue weighted by atomic mass is 32.2. The van der Waals surface area contributed by atoms with Gasteiger partial charge in [-0.15, -0.1) is 0 Å². The van der Waals surface area contributed by atoms with Gasteiger partial charge in [-0.25, -0.2) is 4.98 Å². The van der Waals surface area contributed by atoms with E-state index in [0.717, 1.165) is 55.5 Å². The van der Waals surface area contributed by atoms with Crippen molar-refractivity contribution >= 4 is 28.7 Å². The van der Waals surface area contributed by atoms with E-state index in [-0.39, 0.29) is 5.91 Å². The molecule has 1 aliphatic rings. The summed E-state index contributed by atoms with van der Waals surface area (Å²) in [6.07, 6.45) is 0. The number of carbonyl (C=O) groups is 1. The van der Waals surface area contributed by atoms with E-state index in [1.807, 2.05) is 23.1 Å². The van der Waals surface area contributed by atoms with Crippen LogP contribution < -0.4 is 0 Å². The summed E-state index contributed by atoms with van der Waals surface area (Å²) in [4.78, 5) is 21.7. The van der Waals surface area contributed by atoms with E-state index in [1.165, 1.54) is 0 Å². The molecule has 0 spiro atoms. The number of benzene rings is 1. The third-order valence-electron chi connectivity index (χ3n) is 4.61. The summed E-state index contributed by atoms with van der Waals surface area (Å²) in [5.74, 6) is 1.37. The molecule has 2 heterocycles. The number of carbonyl (C=O) groups excluding carboxylic acids is 1. The van der Waals surface area contributed by atoms with E-state index in [4.69, 9.17) is 4.98 Å². The van der Waals surface area contributed by atoms with Crippen LogP contribution in [-0.4, -0.2) is 63.7 Å². The maximum absolute atomic E-state index is 12.6. The predicted octanol–water partition coefficient (Wildman–Crippen LogP) is 2.95. The third-order valence-corrected chi connectivity index (χ3v) is 5.57. The fourth-order valence-corrected chi connectivity index (χ4v) is 4.36. The number of thioether (sulfide) groups is 1. The van der Waals surface area contributed by atoms with Crippen LogP contribution in [0.25, 0.3) is 11.0 Å². The van der Waals surface area contributed by atoms with Crippen molar-refractivity contribution < 1.29 is 4.79 Å². The molecule has 0 atom stereocenters. The number of aryl methyl sites for hydroxylation is 1. The lowest BCUT2D eigenvalue weighted by Crippen LogP contribution is -2.50. The van der Waals surface area contributed by atoms with Gasteiger partial charge in [-0.3, -0.25) is 9.69 Å². The van der Waals surface area contributed by atoms with Crippen molar-refractivity contribution in [3.8, 4) is 0 Å². The highest BCUT2D eigenvalue weighted by Gasteiger charge is 2.22. The number of fused-ring (bicyclic) bond motifs is 1. The van der Waals surface area contributed by atoms with Crippen LogP contribution in [0.2, 0.25) is 0 Å². The minimum Gasteiger partial charge on any atom is -0.339 e. The quantitative estimate of drug-likeness (QED) is 0.743. The summed E-state index contributed by atoms with van der Waals surface area (Å²) in [6, 6.07) is 8.16. The number of aromatic nitrogens is 2. The molecule has 0 unspecified atom stereocenters. The van der Waals surface area contributed by atoms with Gasteiger partial charge in [0.2, 0.25) is 5.91 Å². The van der Waals surface area contributed by atoms with Gasteiger partial charge in [0.1, 0.15) is 0 Å². The molecule has 0 radical (unpaired) electrons. The van der Waals surface area contributed by atoms with Crippen LogP contribution in [0.3, 0.4) is 0 Å². The number of hydrogen-bond acceptors (Lipinski definition) is 4. The zero-order chi connectivity index (χ0) is 17.8. The lowest BCUT2D eigenvalue weighted by atomic mass is 10.2. The Morgan fingerprint density at radius 3 is 2.60 bits per heavy atom. The van der Waals surface area contributed by atoms with Gasteiger partial charge >= 0.3 is 0 Å². The first-order valence-electron chi connectivity index (χ1n) is 9.16. The number of imidazole rings is 1. The van der Waals surface area contributed by atoms with E-state index in [9.17, 15) is 4.79 Å². The zero-order valence-corrected chi connectivity index (χ0v) is 16.3. The number of hydrogen-bond donors (Lipinski definition) is 0. The molecule has 1 aromatic carbocycles. The lowest BCUT2D eigenvalue weighted by molar-refractivity contribution is -0.130. The Balaban J connectivity index is 1.56. The Morgan fingerprint density at radius 1 is 1.20 bits per heavy atom. The fraction of sp³-hybridized carbons (Fsp3) is 0.579. The summed E-state index contributed by atoms with van der Waals surface area (Å²) in [7, 11) is 0. The van der Waals surface area contributed by atoms with Crippen molar-refractivity contribution in [2.75, 3.05) is 38.5 Å². The molecule has 1 amide bonds. The van der Waals surface area contributed by atoms with Gasteiger partial charge in [-0.2, -0.15) is 0 Å². The van der Waals surface area contributed by atoms with Gasteiger partial charge < -0.3 is 9.47 Å². The molecular formula is C19H28N4OS. The van der Waals surface area contributed by atoms with Gasteiger partial charge in [0.05, 0.1) is 16.8 Å². The topological polar surface area (TPSA) is 41.4 Å². The van der Waals surface area contributed by atoms with Crippen molar-refractivity contribution in [2.45, 2.75) is 32.5 Å². The van der Waals surface area contributed by atoms with Gasteiger partial charge in [-0.1, -0.05) is 37.7 Å². The molecule has 5 nitrogen and oxygen atoms in total. The molecule has 0 saturated carbocycles. The number of para-hydroxylation sites is 2. The number of piperazine rings is 1. The summed E-state index contributed by atoms with van der Waals surface area (Å²) in [5, 5.41) is 0.940. The second kappa shape index (κ2) is 8.23. The summed E-state index contributed by atoms with van der Waals surface area (Å²) < 4.78 is 2.19. The second-order valence-electron chi connectivity index (χ2n) is 6.99. The van der Waals surface area contributed by atoms with Crippen LogP contribution in [0, 0.1) is 5.92 Å². The first kappa shape index (κ1) is 18.3. The number of amides is 1. The third kappa shape index (κ3) is 4.36. The molecule has 0 bridgehead atoms. The van der Waals surface area contributed by atoms with E-state index >= 15 is 0 Å². The smallest absolute Gasteiger partial charge is 0.233 e. The summed E-state index contributed by atoms with van der Waals surface area (Å²) in [5.41, 5.74) is 2.14. The monoisotopic (exact) mass is 360 g/mol. The molecule has 2 aromatic rings. The summed E-state index contributed by atoms with van der Waals surface area (Å²) in [6.45, 7) is 12.3. The molecule has 6 heteroatoms. The van der Waals surface area contributed by atoms with E-state index < -0.39 is 0 Å². The van der Waals surface area contributed by atoms with Crippen molar-refractivity contribution in [1.82, 2.24) is 19.4 Å². The van der Waals surface area contributed by atoms with Gasteiger partial charge in [0.25, 0.3) is 0 Å². The van der Waals surface area contributed by atoms with Crippen LogP contribution in [0.15, 0.2) is 29.4 Å². The van der Waals surface area contributed by atoms with Crippen LogP contribution >= 0.6 is 11.8 Å². The summed E-state index contributed by atoms with van der Waals surface area (Å²) >= 11 is 1.56. The maximum Gasteiger partial charge on any atom is 0.233 e. The Morgan fingerprint density at radius 2 is 1.92 bits per heavy atom. The molecule has 3 rings (SSSR count). The minimum atomic E-state index is 0.226. The van der Waals surface area contributed by atoms with Crippen LogP contribution in [0.5, 0.6) is 0 Å². The average Bonchev–Trinajstić information content (AvgIpc) is 2.97. The molecule has 1 fully saturated rings. The Bertz CT molecular complexity index is 719. The second-order valence-corrected chi connectivity index (χ2v) is 7.93. The van der Waals surface area contributed by atoms with E-state index in [1.54, 1.807) is 11.8 Å². The molecular weight excluding hydrogens is 332 g/mol. The number of rotatable bonds is 6. The van der Waals surface area contributed by atoms with Gasteiger partial charge in [0.15, 0.2) is 5.16 Å². The van der Waals surface area contributed by atoms with E-state index in [0.29, 0.717) is 11.7 Å². The SMILES string of the molecule is CCn1c(SCC(=O)N2CCN(CC(C)C)CC2)nc2ccccc21. The molecule has 0 N–H and O–H groups in total. The molecule has 1 aromatic heterocycles. The number of nitrogens with zero attached hydrogens (tertiary/aromatic N) is 4. The van der Waals surface area contributed by atoms with Crippen molar-refractivity contribution in [2.24, 2.45) is 5.92 Å². The Labute approximate surface area is 154 Å². The first-order valence-corrected chi connectivity index (χ1v) is 10.1. The maximum atomic E-state index is 12.6. The predicted molar refractivity (Wildman–Crippen MR) is 104 cm³/mol. The zero-order valence-electron chi connectivity index (χ0n) is 15.4. The molecule has 0 aliphatic carbocycles. The van der Waals surface area contributed by atoms with E-state index in [2.05, 4.69) is 36.3 Å². The Hall–Kier alpha value is -1.53. The Kier molecular flexibility index (Phi) is 6.02. The van der Waals surface area contributed by atoms with Crippen LogP contribution in [-0.2, 0) is 11.3 Å².